The van der Waals surface area contributed by atoms with Gasteiger partial charge in [0.25, 0.3) is 0 Å². The molecule has 0 unspecified atom stereocenters. The molecule has 0 atom stereocenters. The highest BCUT2D eigenvalue weighted by Crippen LogP contribution is 2.11. The molecule has 0 bridgehead atoms. The zero-order chi connectivity index (χ0) is 25.1. The number of hydrogen-bond acceptors (Lipinski definition) is 4. The van der Waals surface area contributed by atoms with Crippen LogP contribution in [0.1, 0.15) is 75.8 Å². The van der Waals surface area contributed by atoms with Crippen molar-refractivity contribution in [3.05, 3.63) is 65.7 Å². The first-order valence-electron chi connectivity index (χ1n) is 13.1. The number of hydrogen-bond donors (Lipinski definition) is 2. The van der Waals surface area contributed by atoms with Crippen molar-refractivity contribution in [3.8, 4) is 5.75 Å². The molecule has 6 nitrogen and oxygen atoms in total. The van der Waals surface area contributed by atoms with Crippen LogP contribution >= 0.6 is 0 Å². The van der Waals surface area contributed by atoms with Gasteiger partial charge in [-0.05, 0) is 48.9 Å². The van der Waals surface area contributed by atoms with E-state index in [1.54, 1.807) is 12.1 Å². The summed E-state index contributed by atoms with van der Waals surface area (Å²) in [4.78, 5) is 26.6. The monoisotopic (exact) mass is 482 g/mol. The fourth-order valence-electron chi connectivity index (χ4n) is 3.87. The zero-order valence-electron chi connectivity index (χ0n) is 21.2. The fraction of sp³-hybridized carbons (Fsp3) is 0.517. The van der Waals surface area contributed by atoms with Crippen LogP contribution in [0.4, 0.5) is 4.79 Å². The van der Waals surface area contributed by atoms with Crippen molar-refractivity contribution in [3.63, 3.8) is 0 Å². The SMILES string of the molecule is CCCCCCCN(CCCCCC(=O)NCCc1ccc(O)cc1)C(=O)OCc1ccccc1. The van der Waals surface area contributed by atoms with Gasteiger partial charge in [-0.2, -0.15) is 0 Å². The molecule has 0 aromatic heterocycles. The molecule has 0 aliphatic carbocycles. The molecule has 2 rings (SSSR count). The van der Waals surface area contributed by atoms with E-state index in [0.717, 1.165) is 56.2 Å². The van der Waals surface area contributed by atoms with Crippen molar-refractivity contribution in [2.24, 2.45) is 0 Å². The smallest absolute Gasteiger partial charge is 0.410 e. The third kappa shape index (κ3) is 12.9. The Kier molecular flexibility index (Phi) is 14.0. The number of carbonyl (C=O) groups excluding carboxylic acids is 2. The molecule has 0 radical (unpaired) electrons. The Morgan fingerprint density at radius 1 is 0.829 bits per heavy atom. The molecule has 0 heterocycles. The lowest BCUT2D eigenvalue weighted by Gasteiger charge is -2.22. The Balaban J connectivity index is 1.64. The number of nitrogens with zero attached hydrogens (tertiary/aromatic N) is 1. The summed E-state index contributed by atoms with van der Waals surface area (Å²) >= 11 is 0. The van der Waals surface area contributed by atoms with Crippen molar-refractivity contribution in [2.45, 2.75) is 77.7 Å². The summed E-state index contributed by atoms with van der Waals surface area (Å²) < 4.78 is 5.56. The van der Waals surface area contributed by atoms with Crippen molar-refractivity contribution < 1.29 is 19.4 Å². The van der Waals surface area contributed by atoms with E-state index in [9.17, 15) is 14.7 Å². The van der Waals surface area contributed by atoms with Crippen molar-refractivity contribution in [1.82, 2.24) is 10.2 Å². The second kappa shape index (κ2) is 17.4. The number of benzene rings is 2. The predicted octanol–water partition coefficient (Wildman–Crippen LogP) is 6.22. The third-order valence-electron chi connectivity index (χ3n) is 6.00. The van der Waals surface area contributed by atoms with Gasteiger partial charge < -0.3 is 20.1 Å². The standard InChI is InChI=1S/C29H42N2O4/c1-2-3-4-5-11-22-31(29(34)35-24-26-13-8-6-9-14-26)23-12-7-10-15-28(33)30-21-20-25-16-18-27(32)19-17-25/h6,8-9,13-14,16-19,32H,2-5,7,10-12,15,20-24H2,1H3,(H,30,33). The second-order valence-corrected chi connectivity index (χ2v) is 9.02. The van der Waals surface area contributed by atoms with Crippen LogP contribution in [0, 0.1) is 0 Å². The molecule has 35 heavy (non-hydrogen) atoms. The topological polar surface area (TPSA) is 78.9 Å². The summed E-state index contributed by atoms with van der Waals surface area (Å²) in [6.45, 7) is 4.45. The largest absolute Gasteiger partial charge is 0.508 e. The maximum absolute atomic E-state index is 12.7. The highest BCUT2D eigenvalue weighted by Gasteiger charge is 2.14. The number of ether oxygens (including phenoxy) is 1. The zero-order valence-corrected chi connectivity index (χ0v) is 21.2. The second-order valence-electron chi connectivity index (χ2n) is 9.02. The number of nitrogens with one attached hydrogen (secondary N) is 1. The predicted molar refractivity (Wildman–Crippen MR) is 140 cm³/mol. The van der Waals surface area contributed by atoms with Gasteiger partial charge in [-0.1, -0.05) is 81.5 Å². The number of aromatic hydroxyl groups is 1. The van der Waals surface area contributed by atoms with Gasteiger partial charge >= 0.3 is 6.09 Å². The summed E-state index contributed by atoms with van der Waals surface area (Å²) in [5, 5.41) is 12.3. The van der Waals surface area contributed by atoms with E-state index in [4.69, 9.17) is 4.74 Å². The van der Waals surface area contributed by atoms with Crippen molar-refractivity contribution >= 4 is 12.0 Å². The molecule has 2 aromatic rings. The Morgan fingerprint density at radius 3 is 2.17 bits per heavy atom. The summed E-state index contributed by atoms with van der Waals surface area (Å²) in [5.41, 5.74) is 2.07. The fourth-order valence-corrected chi connectivity index (χ4v) is 3.87. The Bertz CT molecular complexity index is 840. The highest BCUT2D eigenvalue weighted by atomic mass is 16.6. The molecule has 2 N–H and O–H groups in total. The van der Waals surface area contributed by atoms with E-state index >= 15 is 0 Å². The van der Waals surface area contributed by atoms with E-state index in [-0.39, 0.29) is 24.4 Å². The van der Waals surface area contributed by atoms with Gasteiger partial charge in [-0.25, -0.2) is 4.79 Å². The molecule has 0 aliphatic heterocycles. The van der Waals surface area contributed by atoms with E-state index in [0.29, 0.717) is 19.5 Å². The van der Waals surface area contributed by atoms with Crippen molar-refractivity contribution in [2.75, 3.05) is 19.6 Å². The summed E-state index contributed by atoms with van der Waals surface area (Å²) in [6, 6.07) is 16.8. The molecule has 192 valence electrons. The summed E-state index contributed by atoms with van der Waals surface area (Å²) in [5.74, 6) is 0.302. The molecular formula is C29H42N2O4. The van der Waals surface area contributed by atoms with Crippen LogP contribution in [0.15, 0.2) is 54.6 Å². The average Bonchev–Trinajstić information content (AvgIpc) is 2.87. The van der Waals surface area contributed by atoms with E-state index in [1.165, 1.54) is 19.3 Å². The number of unbranched alkanes of at least 4 members (excludes halogenated alkanes) is 6. The number of amides is 2. The molecule has 0 spiro atoms. The molecular weight excluding hydrogens is 440 g/mol. The van der Waals surface area contributed by atoms with Gasteiger partial charge in [-0.15, -0.1) is 0 Å². The van der Waals surface area contributed by atoms with Gasteiger partial charge in [0.1, 0.15) is 12.4 Å². The first-order valence-corrected chi connectivity index (χ1v) is 13.1. The highest BCUT2D eigenvalue weighted by molar-refractivity contribution is 5.75. The van der Waals surface area contributed by atoms with Crippen LogP contribution in [0.3, 0.4) is 0 Å². The lowest BCUT2D eigenvalue weighted by molar-refractivity contribution is -0.121. The molecule has 6 heteroatoms. The number of phenols is 1. The molecule has 2 aromatic carbocycles. The van der Waals surface area contributed by atoms with Crippen molar-refractivity contribution in [1.29, 1.82) is 0 Å². The van der Waals surface area contributed by atoms with Gasteiger partial charge in [-0.3, -0.25) is 4.79 Å². The minimum absolute atomic E-state index is 0.0545. The number of phenolic OH excluding ortho intramolecular Hbond substituents is 1. The molecule has 0 saturated carbocycles. The Morgan fingerprint density at radius 2 is 1.49 bits per heavy atom. The van der Waals surface area contributed by atoms with E-state index in [2.05, 4.69) is 12.2 Å². The quantitative estimate of drug-likeness (QED) is 0.262. The number of carbonyl (C=O) groups is 2. The van der Waals surface area contributed by atoms with Crippen LogP contribution in [-0.4, -0.2) is 41.6 Å². The summed E-state index contributed by atoms with van der Waals surface area (Å²) in [6.07, 6.45) is 9.28. The molecule has 2 amide bonds. The van der Waals surface area contributed by atoms with Crippen LogP contribution < -0.4 is 5.32 Å². The molecule has 0 aliphatic rings. The van der Waals surface area contributed by atoms with E-state index in [1.807, 2.05) is 47.4 Å². The molecule has 0 fully saturated rings. The third-order valence-corrected chi connectivity index (χ3v) is 6.00. The molecule has 0 saturated heterocycles. The lowest BCUT2D eigenvalue weighted by atomic mass is 10.1. The Labute approximate surface area is 210 Å². The Hall–Kier alpha value is -3.02. The van der Waals surface area contributed by atoms with Crippen LogP contribution in [-0.2, 0) is 22.6 Å². The first-order chi connectivity index (χ1) is 17.1. The average molecular weight is 483 g/mol. The minimum atomic E-state index is -0.253. The summed E-state index contributed by atoms with van der Waals surface area (Å²) in [7, 11) is 0. The van der Waals surface area contributed by atoms with Crippen LogP contribution in [0.5, 0.6) is 5.75 Å². The lowest BCUT2D eigenvalue weighted by Crippen LogP contribution is -2.33. The minimum Gasteiger partial charge on any atom is -0.508 e. The first kappa shape index (κ1) is 28.2. The van der Waals surface area contributed by atoms with Crippen LogP contribution in [0.25, 0.3) is 0 Å². The van der Waals surface area contributed by atoms with Gasteiger partial charge in [0.15, 0.2) is 0 Å². The maximum Gasteiger partial charge on any atom is 0.410 e. The maximum atomic E-state index is 12.7. The number of rotatable bonds is 17. The van der Waals surface area contributed by atoms with Gasteiger partial charge in [0.2, 0.25) is 5.91 Å². The normalized spacial score (nSPS) is 10.7. The van der Waals surface area contributed by atoms with Gasteiger partial charge in [0.05, 0.1) is 0 Å². The van der Waals surface area contributed by atoms with E-state index < -0.39 is 0 Å². The van der Waals surface area contributed by atoms with Gasteiger partial charge in [0, 0.05) is 26.1 Å². The van der Waals surface area contributed by atoms with Crippen LogP contribution in [0.2, 0.25) is 0 Å².